The van der Waals surface area contributed by atoms with Gasteiger partial charge in [0.25, 0.3) is 17.6 Å². The highest BCUT2D eigenvalue weighted by Gasteiger charge is 2.38. The summed E-state index contributed by atoms with van der Waals surface area (Å²) in [4.78, 5) is 56.9. The third kappa shape index (κ3) is 5.60. The summed E-state index contributed by atoms with van der Waals surface area (Å²) in [5, 5.41) is 3.39. The van der Waals surface area contributed by atoms with Crippen LogP contribution in [0.5, 0.6) is 0 Å². The Hall–Kier alpha value is -5.01. The van der Waals surface area contributed by atoms with Crippen LogP contribution in [0.25, 0.3) is 11.0 Å². The average molecular weight is 579 g/mol. The minimum absolute atomic E-state index is 0.120. The molecule has 8 heteroatoms. The summed E-state index contributed by atoms with van der Waals surface area (Å²) in [6.45, 7) is 5.59. The predicted octanol–water partition coefficient (Wildman–Crippen LogP) is 6.97. The zero-order valence-corrected chi connectivity index (χ0v) is 23.9. The smallest absolute Gasteiger partial charge is 0.300 e. The number of benzene rings is 4. The van der Waals surface area contributed by atoms with Crippen LogP contribution in [-0.2, 0) is 9.59 Å². The first-order chi connectivity index (χ1) is 20.2. The van der Waals surface area contributed by atoms with Gasteiger partial charge in [0, 0.05) is 22.0 Å². The highest BCUT2D eigenvalue weighted by Crippen LogP contribution is 2.32. The molecule has 0 fully saturated rings. The number of rotatable bonds is 7. The lowest BCUT2D eigenvalue weighted by Crippen LogP contribution is -2.46. The monoisotopic (exact) mass is 578 g/mol. The van der Waals surface area contributed by atoms with E-state index >= 15 is 0 Å². The van der Waals surface area contributed by atoms with Crippen molar-refractivity contribution in [3.8, 4) is 0 Å². The third-order valence-electron chi connectivity index (χ3n) is 7.15. The van der Waals surface area contributed by atoms with E-state index in [1.807, 2.05) is 26.8 Å². The van der Waals surface area contributed by atoms with Gasteiger partial charge < -0.3 is 9.73 Å². The Morgan fingerprint density at radius 1 is 0.857 bits per heavy atom. The van der Waals surface area contributed by atoms with Gasteiger partial charge in [-0.3, -0.25) is 24.1 Å². The molecule has 1 unspecified atom stereocenters. The van der Waals surface area contributed by atoms with Crippen LogP contribution in [0.15, 0.2) is 106 Å². The van der Waals surface area contributed by atoms with Crippen molar-refractivity contribution in [2.75, 3.05) is 10.2 Å². The van der Waals surface area contributed by atoms with Crippen LogP contribution in [0, 0.1) is 20.8 Å². The highest BCUT2D eigenvalue weighted by molar-refractivity contribution is 6.47. The SMILES string of the molecule is Cc1ccc2occ(C(C(=O)Nc3cccc(C)c3C)N(C(=O)C(=O)c3ccccc3)c3cccc(Cl)c3)c(=O)c2c1. The maximum atomic E-state index is 14.3. The van der Waals surface area contributed by atoms with E-state index in [0.29, 0.717) is 11.3 Å². The number of hydrogen-bond donors (Lipinski definition) is 1. The lowest BCUT2D eigenvalue weighted by molar-refractivity contribution is -0.121. The fraction of sp³-hybridized carbons (Fsp3) is 0.118. The van der Waals surface area contributed by atoms with Gasteiger partial charge in [-0.25, -0.2) is 0 Å². The van der Waals surface area contributed by atoms with Crippen molar-refractivity contribution in [1.82, 2.24) is 0 Å². The van der Waals surface area contributed by atoms with Crippen molar-refractivity contribution < 1.29 is 18.8 Å². The first-order valence-electron chi connectivity index (χ1n) is 13.2. The average Bonchev–Trinajstić information content (AvgIpc) is 2.99. The Bertz CT molecular complexity index is 1900. The summed E-state index contributed by atoms with van der Waals surface area (Å²) in [7, 11) is 0. The van der Waals surface area contributed by atoms with E-state index in [4.69, 9.17) is 16.0 Å². The number of ketones is 1. The Kier molecular flexibility index (Phi) is 8.04. The molecule has 0 saturated heterocycles. The fourth-order valence-electron chi connectivity index (χ4n) is 4.77. The van der Waals surface area contributed by atoms with E-state index in [0.717, 1.165) is 21.6 Å². The lowest BCUT2D eigenvalue weighted by atomic mass is 10.00. The molecule has 4 aromatic carbocycles. The van der Waals surface area contributed by atoms with Crippen LogP contribution in [0.2, 0.25) is 5.02 Å². The van der Waals surface area contributed by atoms with Gasteiger partial charge in [-0.15, -0.1) is 0 Å². The molecule has 1 heterocycles. The van der Waals surface area contributed by atoms with Crippen LogP contribution < -0.4 is 15.6 Å². The Balaban J connectivity index is 1.75. The number of carbonyl (C=O) groups is 3. The molecule has 5 rings (SSSR count). The van der Waals surface area contributed by atoms with Gasteiger partial charge in [0.15, 0.2) is 5.43 Å². The van der Waals surface area contributed by atoms with Gasteiger partial charge >= 0.3 is 0 Å². The maximum absolute atomic E-state index is 14.3. The summed E-state index contributed by atoms with van der Waals surface area (Å²) in [5.74, 6) is -2.59. The molecular weight excluding hydrogens is 552 g/mol. The molecule has 7 nitrogen and oxygen atoms in total. The quantitative estimate of drug-likeness (QED) is 0.166. The summed E-state index contributed by atoms with van der Waals surface area (Å²) < 4.78 is 5.81. The highest BCUT2D eigenvalue weighted by atomic mass is 35.5. The van der Waals surface area contributed by atoms with Gasteiger partial charge in [-0.1, -0.05) is 71.8 Å². The maximum Gasteiger partial charge on any atom is 0.300 e. The van der Waals surface area contributed by atoms with Crippen molar-refractivity contribution in [1.29, 1.82) is 0 Å². The molecule has 0 bridgehead atoms. The number of nitrogens with zero attached hydrogens (tertiary/aromatic N) is 1. The van der Waals surface area contributed by atoms with E-state index in [9.17, 15) is 19.2 Å². The molecule has 1 N–H and O–H groups in total. The molecule has 0 saturated carbocycles. The molecule has 42 heavy (non-hydrogen) atoms. The summed E-state index contributed by atoms with van der Waals surface area (Å²) in [6.07, 6.45) is 1.17. The topological polar surface area (TPSA) is 96.7 Å². The number of hydrogen-bond acceptors (Lipinski definition) is 5. The van der Waals surface area contributed by atoms with Crippen molar-refractivity contribution in [3.05, 3.63) is 140 Å². The lowest BCUT2D eigenvalue weighted by Gasteiger charge is -2.30. The molecule has 0 spiro atoms. The van der Waals surface area contributed by atoms with E-state index in [1.165, 1.54) is 24.5 Å². The number of amides is 2. The Labute approximate surface area is 247 Å². The first-order valence-corrected chi connectivity index (χ1v) is 13.6. The number of nitrogens with one attached hydrogen (secondary N) is 1. The standard InChI is InChI=1S/C34H27ClN2O5/c1-20-15-16-29-26(17-20)32(39)27(19-42-29)30(33(40)36-28-14-7-9-21(2)22(28)3)37(25-13-8-12-24(35)18-25)34(41)31(38)23-10-5-4-6-11-23/h4-19,30H,1-3H3,(H,36,40). The van der Waals surface area contributed by atoms with Gasteiger partial charge in [0.05, 0.1) is 10.9 Å². The van der Waals surface area contributed by atoms with Crippen LogP contribution in [-0.4, -0.2) is 17.6 Å². The largest absolute Gasteiger partial charge is 0.464 e. The molecule has 1 atom stereocenters. The second kappa shape index (κ2) is 11.8. The van der Waals surface area contributed by atoms with Gasteiger partial charge in [0.1, 0.15) is 17.9 Å². The van der Waals surface area contributed by atoms with E-state index in [-0.39, 0.29) is 27.2 Å². The van der Waals surface area contributed by atoms with Crippen molar-refractivity contribution in [3.63, 3.8) is 0 Å². The second-order valence-corrected chi connectivity index (χ2v) is 10.4. The Morgan fingerprint density at radius 3 is 2.33 bits per heavy atom. The van der Waals surface area contributed by atoms with Crippen molar-refractivity contribution >= 4 is 51.5 Å². The van der Waals surface area contributed by atoms with Crippen LogP contribution >= 0.6 is 11.6 Å². The number of Topliss-reactive ketones (excluding diaryl/α,β-unsaturated/α-hetero) is 1. The number of carbonyl (C=O) groups excluding carboxylic acids is 3. The van der Waals surface area contributed by atoms with Crippen LogP contribution in [0.3, 0.4) is 0 Å². The molecule has 0 aliphatic carbocycles. The van der Waals surface area contributed by atoms with Crippen molar-refractivity contribution in [2.24, 2.45) is 0 Å². The molecule has 0 aliphatic heterocycles. The predicted molar refractivity (Wildman–Crippen MR) is 164 cm³/mol. The molecule has 0 radical (unpaired) electrons. The molecular formula is C34H27ClN2O5. The van der Waals surface area contributed by atoms with Crippen LogP contribution in [0.4, 0.5) is 11.4 Å². The minimum atomic E-state index is -1.59. The van der Waals surface area contributed by atoms with Gasteiger partial charge in [-0.2, -0.15) is 0 Å². The summed E-state index contributed by atoms with van der Waals surface area (Å²) in [6, 6.07) is 23.2. The van der Waals surface area contributed by atoms with Gasteiger partial charge in [-0.05, 0) is 68.3 Å². The third-order valence-corrected chi connectivity index (χ3v) is 7.39. The fourth-order valence-corrected chi connectivity index (χ4v) is 4.95. The zero-order chi connectivity index (χ0) is 30.0. The second-order valence-electron chi connectivity index (χ2n) is 10.0. The van der Waals surface area contributed by atoms with Crippen molar-refractivity contribution in [2.45, 2.75) is 26.8 Å². The normalized spacial score (nSPS) is 11.6. The number of aryl methyl sites for hydroxylation is 2. The molecule has 1 aromatic heterocycles. The molecule has 5 aromatic rings. The van der Waals surface area contributed by atoms with Gasteiger partial charge in [0.2, 0.25) is 0 Å². The Morgan fingerprint density at radius 2 is 1.60 bits per heavy atom. The number of anilines is 2. The zero-order valence-electron chi connectivity index (χ0n) is 23.2. The summed E-state index contributed by atoms with van der Waals surface area (Å²) in [5.41, 5.74) is 3.04. The molecule has 210 valence electrons. The van der Waals surface area contributed by atoms with E-state index in [2.05, 4.69) is 5.32 Å². The molecule has 0 aliphatic rings. The minimum Gasteiger partial charge on any atom is -0.464 e. The first kappa shape index (κ1) is 28.5. The van der Waals surface area contributed by atoms with E-state index < -0.39 is 29.1 Å². The molecule has 2 amide bonds. The summed E-state index contributed by atoms with van der Waals surface area (Å²) >= 11 is 6.31. The van der Waals surface area contributed by atoms with E-state index in [1.54, 1.807) is 66.7 Å². The van der Waals surface area contributed by atoms with Crippen LogP contribution in [0.1, 0.15) is 38.7 Å². The number of halogens is 1. The number of fused-ring (bicyclic) bond motifs is 1.